The lowest BCUT2D eigenvalue weighted by Gasteiger charge is -2.54. The van der Waals surface area contributed by atoms with Gasteiger partial charge in [-0.15, -0.1) is 0 Å². The Morgan fingerprint density at radius 3 is 2.57 bits per heavy atom. The second kappa shape index (κ2) is 9.08. The highest BCUT2D eigenvalue weighted by Gasteiger charge is 2.48. The molecule has 0 unspecified atom stereocenters. The molecular formula is C31H28FN3O2. The van der Waals surface area contributed by atoms with Crippen LogP contribution in [0.2, 0.25) is 0 Å². The van der Waals surface area contributed by atoms with Crippen molar-refractivity contribution in [2.45, 2.75) is 44.7 Å². The molecule has 186 valence electrons. The molecule has 6 heteroatoms. The summed E-state index contributed by atoms with van der Waals surface area (Å²) in [5.74, 6) is 0.171. The second-order valence-corrected chi connectivity index (χ2v) is 10.5. The molecule has 6 rings (SSSR count). The van der Waals surface area contributed by atoms with E-state index in [0.717, 1.165) is 29.5 Å². The van der Waals surface area contributed by atoms with E-state index in [1.807, 2.05) is 47.2 Å². The first-order valence-corrected chi connectivity index (χ1v) is 12.7. The van der Waals surface area contributed by atoms with E-state index in [4.69, 9.17) is 4.74 Å². The molecule has 1 N–H and O–H groups in total. The lowest BCUT2D eigenvalue weighted by molar-refractivity contribution is -0.000603. The molecule has 2 aliphatic rings. The summed E-state index contributed by atoms with van der Waals surface area (Å²) in [5.41, 5.74) is 5.02. The van der Waals surface area contributed by atoms with Crippen molar-refractivity contribution in [3.63, 3.8) is 0 Å². The number of carbonyl (C=O) groups excluding carboxylic acids is 1. The van der Waals surface area contributed by atoms with Crippen LogP contribution < -0.4 is 10.1 Å². The Morgan fingerprint density at radius 2 is 1.89 bits per heavy atom. The monoisotopic (exact) mass is 493 g/mol. The zero-order valence-corrected chi connectivity index (χ0v) is 20.8. The van der Waals surface area contributed by atoms with Crippen molar-refractivity contribution in [2.24, 2.45) is 5.41 Å². The summed E-state index contributed by atoms with van der Waals surface area (Å²) >= 11 is 0. The number of nitrogens with zero attached hydrogens (tertiary/aromatic N) is 2. The van der Waals surface area contributed by atoms with E-state index in [1.54, 1.807) is 25.3 Å². The largest absolute Gasteiger partial charge is 0.497 e. The van der Waals surface area contributed by atoms with Gasteiger partial charge in [0.25, 0.3) is 5.91 Å². The molecule has 3 aromatic carbocycles. The van der Waals surface area contributed by atoms with Crippen LogP contribution in [0.15, 0.2) is 66.9 Å². The number of hydrogen-bond acceptors (Lipinski definition) is 3. The molecule has 37 heavy (non-hydrogen) atoms. The third kappa shape index (κ3) is 4.25. The Kier molecular flexibility index (Phi) is 5.72. The van der Waals surface area contributed by atoms with Crippen LogP contribution in [0.3, 0.4) is 0 Å². The topological polar surface area (TPSA) is 67.0 Å². The average molecular weight is 494 g/mol. The summed E-state index contributed by atoms with van der Waals surface area (Å²) in [7, 11) is 1.58. The number of aromatic nitrogens is 1. The summed E-state index contributed by atoms with van der Waals surface area (Å²) in [4.78, 5) is 13.2. The van der Waals surface area contributed by atoms with Crippen molar-refractivity contribution >= 4 is 16.8 Å². The Labute approximate surface area is 215 Å². The Balaban J connectivity index is 1.25. The fourth-order valence-corrected chi connectivity index (χ4v) is 5.99. The van der Waals surface area contributed by atoms with Gasteiger partial charge in [-0.1, -0.05) is 30.7 Å². The maximum absolute atomic E-state index is 14.7. The van der Waals surface area contributed by atoms with Crippen LogP contribution >= 0.6 is 0 Å². The highest BCUT2D eigenvalue weighted by Crippen LogP contribution is 2.55. The molecule has 0 radical (unpaired) electrons. The Hall–Kier alpha value is -4.11. The molecular weight excluding hydrogens is 465 g/mol. The van der Waals surface area contributed by atoms with E-state index in [2.05, 4.69) is 11.4 Å². The number of carbonyl (C=O) groups is 1. The molecule has 1 aromatic heterocycles. The molecule has 1 heterocycles. The Morgan fingerprint density at radius 1 is 1.11 bits per heavy atom. The minimum atomic E-state index is -0.330. The number of amides is 1. The maximum Gasteiger partial charge on any atom is 0.253 e. The van der Waals surface area contributed by atoms with Gasteiger partial charge in [-0.05, 0) is 84.2 Å². The maximum atomic E-state index is 14.7. The fraction of sp³-hybridized carbons (Fsp3) is 0.290. The summed E-state index contributed by atoms with van der Waals surface area (Å²) in [6.45, 7) is 0.502. The van der Waals surface area contributed by atoms with Crippen LogP contribution in [-0.4, -0.2) is 23.6 Å². The van der Waals surface area contributed by atoms with E-state index in [1.165, 1.54) is 25.3 Å². The molecule has 5 nitrogen and oxygen atoms in total. The summed E-state index contributed by atoms with van der Waals surface area (Å²) < 4.78 is 21.9. The van der Waals surface area contributed by atoms with Crippen LogP contribution in [-0.2, 0) is 6.54 Å². The lowest BCUT2D eigenvalue weighted by Crippen LogP contribution is -2.53. The number of benzene rings is 3. The predicted molar refractivity (Wildman–Crippen MR) is 141 cm³/mol. The lowest BCUT2D eigenvalue weighted by atomic mass is 9.54. The first kappa shape index (κ1) is 23.3. The van der Waals surface area contributed by atoms with Crippen molar-refractivity contribution in [1.82, 2.24) is 9.88 Å². The van der Waals surface area contributed by atoms with Gasteiger partial charge in [-0.25, -0.2) is 4.39 Å². The molecule has 2 saturated carbocycles. The number of hydrogen-bond donors (Lipinski definition) is 1. The van der Waals surface area contributed by atoms with Gasteiger partial charge in [-0.3, -0.25) is 4.79 Å². The van der Waals surface area contributed by atoms with Crippen LogP contribution in [0.5, 0.6) is 5.75 Å². The Bertz CT molecular complexity index is 1540. The van der Waals surface area contributed by atoms with Gasteiger partial charge in [0.15, 0.2) is 0 Å². The first-order chi connectivity index (χ1) is 18.0. The van der Waals surface area contributed by atoms with Crippen molar-refractivity contribution in [3.8, 4) is 22.9 Å². The van der Waals surface area contributed by atoms with Crippen LogP contribution in [0.25, 0.3) is 22.0 Å². The van der Waals surface area contributed by atoms with Gasteiger partial charge in [0.2, 0.25) is 0 Å². The molecule has 1 amide bonds. The molecule has 4 aromatic rings. The van der Waals surface area contributed by atoms with E-state index in [-0.39, 0.29) is 17.8 Å². The first-order valence-electron chi connectivity index (χ1n) is 12.7. The molecule has 0 bridgehead atoms. The standard InChI is InChI=1S/C31H28FN3O2/c1-37-25-14-21(18-33)13-23(15-25)22-5-3-20(4-6-22)19-35-12-9-26-28(32)8-7-27(29(26)35)30(36)34-24-16-31(17-24)10-2-11-31/h3-9,12-15,24H,2,10-11,16-17,19H2,1H3,(H,34,36). The number of ether oxygens (including phenoxy) is 1. The molecule has 0 saturated heterocycles. The van der Waals surface area contributed by atoms with Crippen LogP contribution in [0, 0.1) is 22.6 Å². The van der Waals surface area contributed by atoms with E-state index in [9.17, 15) is 14.4 Å². The van der Waals surface area contributed by atoms with Gasteiger partial charge in [-0.2, -0.15) is 5.26 Å². The number of halogens is 1. The zero-order valence-electron chi connectivity index (χ0n) is 20.8. The van der Waals surface area contributed by atoms with Crippen molar-refractivity contribution in [1.29, 1.82) is 5.26 Å². The highest BCUT2D eigenvalue weighted by atomic mass is 19.1. The number of methoxy groups -OCH3 is 1. The molecule has 1 spiro atoms. The second-order valence-electron chi connectivity index (χ2n) is 10.5. The van der Waals surface area contributed by atoms with Crippen molar-refractivity contribution in [3.05, 3.63) is 89.4 Å². The minimum Gasteiger partial charge on any atom is -0.497 e. The predicted octanol–water partition coefficient (Wildman–Crippen LogP) is 6.44. The number of fused-ring (bicyclic) bond motifs is 1. The van der Waals surface area contributed by atoms with Crippen LogP contribution in [0.4, 0.5) is 4.39 Å². The van der Waals surface area contributed by atoms with Gasteiger partial charge in [0, 0.05) is 24.2 Å². The van der Waals surface area contributed by atoms with Crippen molar-refractivity contribution in [2.75, 3.05) is 7.11 Å². The average Bonchev–Trinajstić information content (AvgIpc) is 3.29. The van der Waals surface area contributed by atoms with Gasteiger partial charge >= 0.3 is 0 Å². The number of nitriles is 1. The fourth-order valence-electron chi connectivity index (χ4n) is 5.99. The number of rotatable bonds is 6. The summed E-state index contributed by atoms with van der Waals surface area (Å²) in [6.07, 6.45) is 7.80. The van der Waals surface area contributed by atoms with Gasteiger partial charge in [0.1, 0.15) is 11.6 Å². The normalized spacial score (nSPS) is 16.1. The van der Waals surface area contributed by atoms with Gasteiger partial charge < -0.3 is 14.6 Å². The summed E-state index contributed by atoms with van der Waals surface area (Å²) in [5, 5.41) is 13.0. The highest BCUT2D eigenvalue weighted by molar-refractivity contribution is 6.06. The van der Waals surface area contributed by atoms with Crippen LogP contribution in [0.1, 0.15) is 53.6 Å². The third-order valence-corrected chi connectivity index (χ3v) is 8.14. The van der Waals surface area contributed by atoms with Crippen molar-refractivity contribution < 1.29 is 13.9 Å². The molecule has 2 fully saturated rings. The van der Waals surface area contributed by atoms with E-state index >= 15 is 0 Å². The summed E-state index contributed by atoms with van der Waals surface area (Å²) in [6, 6.07) is 20.6. The molecule has 2 aliphatic carbocycles. The number of nitrogens with one attached hydrogen (secondary N) is 1. The molecule has 0 atom stereocenters. The van der Waals surface area contributed by atoms with E-state index < -0.39 is 0 Å². The minimum absolute atomic E-state index is 0.134. The SMILES string of the molecule is COc1cc(C#N)cc(-c2ccc(Cn3ccc4c(F)ccc(C(=O)NC5CC6(CCC6)C5)c43)cc2)c1. The zero-order chi connectivity index (χ0) is 25.6. The van der Waals surface area contributed by atoms with Gasteiger partial charge in [0.05, 0.1) is 29.8 Å². The smallest absolute Gasteiger partial charge is 0.253 e. The quantitative estimate of drug-likeness (QED) is 0.336. The van der Waals surface area contributed by atoms with E-state index in [0.29, 0.717) is 39.7 Å². The molecule has 0 aliphatic heterocycles. The third-order valence-electron chi connectivity index (χ3n) is 8.14.